The largest absolute Gasteiger partial charge is 0.330 e. The van der Waals surface area contributed by atoms with Crippen molar-refractivity contribution in [3.63, 3.8) is 0 Å². The first-order valence-electron chi connectivity index (χ1n) is 8.28. The standard InChI is InChI=1S/C19H19ClFNO3S/c1-13-10-14(6-7-17(13)20)19(23)22(16-8-9-26(24,25)12-16)11-15-4-2-3-5-18(15)21/h2-7,10,16H,8-9,11-12H2,1H3. The van der Waals surface area contributed by atoms with Crippen molar-refractivity contribution in [2.45, 2.75) is 25.9 Å². The van der Waals surface area contributed by atoms with Crippen LogP contribution in [0, 0.1) is 12.7 Å². The molecule has 0 spiro atoms. The second kappa shape index (κ2) is 7.37. The Morgan fingerprint density at radius 1 is 1.27 bits per heavy atom. The van der Waals surface area contributed by atoms with E-state index in [1.165, 1.54) is 11.0 Å². The number of carbonyl (C=O) groups excluding carboxylic acids is 1. The molecule has 1 heterocycles. The third-order valence-corrected chi connectivity index (χ3v) is 6.79. The average Bonchev–Trinajstić information content (AvgIpc) is 2.95. The van der Waals surface area contributed by atoms with Crippen molar-refractivity contribution in [1.82, 2.24) is 4.90 Å². The fourth-order valence-electron chi connectivity index (χ4n) is 3.14. The van der Waals surface area contributed by atoms with Crippen LogP contribution in [0.1, 0.15) is 27.9 Å². The lowest BCUT2D eigenvalue weighted by Gasteiger charge is -2.29. The summed E-state index contributed by atoms with van der Waals surface area (Å²) >= 11 is 6.03. The zero-order chi connectivity index (χ0) is 18.9. The maximum Gasteiger partial charge on any atom is 0.254 e. The zero-order valence-electron chi connectivity index (χ0n) is 14.3. The number of hydrogen-bond acceptors (Lipinski definition) is 3. The second-order valence-electron chi connectivity index (χ2n) is 6.55. The van der Waals surface area contributed by atoms with Crippen LogP contribution in [-0.2, 0) is 16.4 Å². The Hall–Kier alpha value is -1.92. The minimum absolute atomic E-state index is 0.0212. The molecule has 1 unspecified atom stereocenters. The fourth-order valence-corrected chi connectivity index (χ4v) is 4.99. The molecule has 1 saturated heterocycles. The Balaban J connectivity index is 1.95. The summed E-state index contributed by atoms with van der Waals surface area (Å²) < 4.78 is 37.9. The topological polar surface area (TPSA) is 54.5 Å². The number of benzene rings is 2. The van der Waals surface area contributed by atoms with Gasteiger partial charge >= 0.3 is 0 Å². The molecule has 0 radical (unpaired) electrons. The van der Waals surface area contributed by atoms with E-state index in [-0.39, 0.29) is 24.0 Å². The number of carbonyl (C=O) groups is 1. The molecular formula is C19H19ClFNO3S. The molecule has 0 aromatic heterocycles. The normalized spacial score (nSPS) is 18.7. The minimum Gasteiger partial charge on any atom is -0.330 e. The smallest absolute Gasteiger partial charge is 0.254 e. The van der Waals surface area contributed by atoms with Gasteiger partial charge in [-0.3, -0.25) is 4.79 Å². The van der Waals surface area contributed by atoms with E-state index in [1.54, 1.807) is 43.3 Å². The molecule has 0 aliphatic carbocycles. The van der Waals surface area contributed by atoms with Gasteiger partial charge in [-0.25, -0.2) is 12.8 Å². The molecule has 0 N–H and O–H groups in total. The molecule has 1 aliphatic heterocycles. The summed E-state index contributed by atoms with van der Waals surface area (Å²) in [7, 11) is -3.18. The molecule has 4 nitrogen and oxygen atoms in total. The van der Waals surface area contributed by atoms with Gasteiger partial charge in [-0.15, -0.1) is 0 Å². The maximum absolute atomic E-state index is 14.1. The molecule has 0 saturated carbocycles. The Bertz CT molecular complexity index is 946. The molecule has 1 atom stereocenters. The molecule has 2 aromatic carbocycles. The second-order valence-corrected chi connectivity index (χ2v) is 9.18. The van der Waals surface area contributed by atoms with Gasteiger partial charge in [-0.2, -0.15) is 0 Å². The van der Waals surface area contributed by atoms with E-state index in [0.29, 0.717) is 22.6 Å². The summed E-state index contributed by atoms with van der Waals surface area (Å²) in [5.74, 6) is -0.799. The highest BCUT2D eigenvalue weighted by molar-refractivity contribution is 7.91. The molecular weight excluding hydrogens is 377 g/mol. The van der Waals surface area contributed by atoms with Crippen LogP contribution >= 0.6 is 11.6 Å². The molecule has 0 bridgehead atoms. The van der Waals surface area contributed by atoms with Crippen molar-refractivity contribution in [1.29, 1.82) is 0 Å². The number of rotatable bonds is 4. The lowest BCUT2D eigenvalue weighted by molar-refractivity contribution is 0.0679. The lowest BCUT2D eigenvalue weighted by atomic mass is 10.1. The van der Waals surface area contributed by atoms with Crippen LogP contribution in [0.15, 0.2) is 42.5 Å². The highest BCUT2D eigenvalue weighted by Gasteiger charge is 2.35. The van der Waals surface area contributed by atoms with Crippen molar-refractivity contribution in [2.24, 2.45) is 0 Å². The number of nitrogens with zero attached hydrogens (tertiary/aromatic N) is 1. The fraction of sp³-hybridized carbons (Fsp3) is 0.316. The van der Waals surface area contributed by atoms with Gasteiger partial charge < -0.3 is 4.90 Å². The first-order valence-corrected chi connectivity index (χ1v) is 10.5. The van der Waals surface area contributed by atoms with E-state index in [9.17, 15) is 17.6 Å². The predicted octanol–water partition coefficient (Wildman–Crippen LogP) is 3.62. The molecule has 1 aliphatic rings. The number of halogens is 2. The van der Waals surface area contributed by atoms with Crippen LogP contribution in [0.25, 0.3) is 0 Å². The van der Waals surface area contributed by atoms with Gasteiger partial charge in [-0.1, -0.05) is 29.8 Å². The monoisotopic (exact) mass is 395 g/mol. The first kappa shape index (κ1) is 18.9. The number of hydrogen-bond donors (Lipinski definition) is 0. The van der Waals surface area contributed by atoms with Gasteiger partial charge in [0.1, 0.15) is 5.82 Å². The van der Waals surface area contributed by atoms with Crippen molar-refractivity contribution in [3.8, 4) is 0 Å². The van der Waals surface area contributed by atoms with E-state index in [4.69, 9.17) is 11.6 Å². The Morgan fingerprint density at radius 2 is 2.00 bits per heavy atom. The number of sulfone groups is 1. The predicted molar refractivity (Wildman–Crippen MR) is 99.5 cm³/mol. The van der Waals surface area contributed by atoms with Gasteiger partial charge in [0.15, 0.2) is 9.84 Å². The summed E-state index contributed by atoms with van der Waals surface area (Å²) in [6, 6.07) is 10.6. The van der Waals surface area contributed by atoms with Gasteiger partial charge in [0.2, 0.25) is 0 Å². The quantitative estimate of drug-likeness (QED) is 0.794. The minimum atomic E-state index is -3.18. The Labute approximate surface area is 157 Å². The Morgan fingerprint density at radius 3 is 2.62 bits per heavy atom. The van der Waals surface area contributed by atoms with Gasteiger partial charge in [0.05, 0.1) is 11.5 Å². The third kappa shape index (κ3) is 4.07. The van der Waals surface area contributed by atoms with E-state index >= 15 is 0 Å². The Kier molecular flexibility index (Phi) is 5.34. The van der Waals surface area contributed by atoms with Gasteiger partial charge in [-0.05, 0) is 43.2 Å². The lowest BCUT2D eigenvalue weighted by Crippen LogP contribution is -2.40. The molecule has 1 amide bonds. The van der Waals surface area contributed by atoms with Crippen molar-refractivity contribution < 1.29 is 17.6 Å². The van der Waals surface area contributed by atoms with E-state index < -0.39 is 21.7 Å². The summed E-state index contributed by atoms with van der Waals surface area (Å²) in [6.07, 6.45) is 0.356. The van der Waals surface area contributed by atoms with Crippen LogP contribution in [0.4, 0.5) is 4.39 Å². The van der Waals surface area contributed by atoms with E-state index in [0.717, 1.165) is 5.56 Å². The van der Waals surface area contributed by atoms with Crippen LogP contribution in [0.3, 0.4) is 0 Å². The van der Waals surface area contributed by atoms with E-state index in [2.05, 4.69) is 0 Å². The molecule has 7 heteroatoms. The summed E-state index contributed by atoms with van der Waals surface area (Å²) in [5, 5.41) is 0.547. The maximum atomic E-state index is 14.1. The van der Waals surface area contributed by atoms with Crippen LogP contribution in [-0.4, -0.2) is 36.8 Å². The average molecular weight is 396 g/mol. The van der Waals surface area contributed by atoms with Crippen molar-refractivity contribution >= 4 is 27.3 Å². The number of aryl methyl sites for hydroxylation is 1. The molecule has 26 heavy (non-hydrogen) atoms. The van der Waals surface area contributed by atoms with Crippen LogP contribution < -0.4 is 0 Å². The van der Waals surface area contributed by atoms with E-state index in [1.807, 2.05) is 0 Å². The summed E-state index contributed by atoms with van der Waals surface area (Å²) in [4.78, 5) is 14.6. The van der Waals surface area contributed by atoms with Crippen molar-refractivity contribution in [3.05, 3.63) is 70.0 Å². The molecule has 138 valence electrons. The zero-order valence-corrected chi connectivity index (χ0v) is 15.9. The first-order chi connectivity index (χ1) is 12.3. The summed E-state index contributed by atoms with van der Waals surface area (Å²) in [5.41, 5.74) is 1.52. The molecule has 1 fully saturated rings. The van der Waals surface area contributed by atoms with Crippen LogP contribution in [0.2, 0.25) is 5.02 Å². The third-order valence-electron chi connectivity index (χ3n) is 4.61. The van der Waals surface area contributed by atoms with Gasteiger partial charge in [0, 0.05) is 28.7 Å². The number of amides is 1. The SMILES string of the molecule is Cc1cc(C(=O)N(Cc2ccccc2F)C2CCS(=O)(=O)C2)ccc1Cl. The summed E-state index contributed by atoms with van der Waals surface area (Å²) in [6.45, 7) is 1.81. The highest BCUT2D eigenvalue weighted by atomic mass is 35.5. The highest BCUT2D eigenvalue weighted by Crippen LogP contribution is 2.24. The molecule has 3 rings (SSSR count). The van der Waals surface area contributed by atoms with Crippen LogP contribution in [0.5, 0.6) is 0 Å². The van der Waals surface area contributed by atoms with Gasteiger partial charge in [0.25, 0.3) is 5.91 Å². The molecule has 2 aromatic rings. The van der Waals surface area contributed by atoms with Crippen molar-refractivity contribution in [2.75, 3.05) is 11.5 Å².